The highest BCUT2D eigenvalue weighted by Crippen LogP contribution is 2.33. The number of ether oxygens (including phenoxy) is 2. The Kier molecular flexibility index (Phi) is 6.69. The molecule has 0 aromatic heterocycles. The zero-order valence-corrected chi connectivity index (χ0v) is 16.4. The number of carboxylic acids is 1. The highest BCUT2D eigenvalue weighted by atomic mass is 16.7. The predicted octanol–water partition coefficient (Wildman–Crippen LogP) is 2.48. The van der Waals surface area contributed by atoms with Crippen LogP contribution in [0.3, 0.4) is 0 Å². The van der Waals surface area contributed by atoms with Gasteiger partial charge in [0.25, 0.3) is 11.8 Å². The van der Waals surface area contributed by atoms with E-state index in [0.29, 0.717) is 22.6 Å². The van der Waals surface area contributed by atoms with E-state index < -0.39 is 17.8 Å². The van der Waals surface area contributed by atoms with Crippen LogP contribution >= 0.6 is 0 Å². The molecule has 156 valence electrons. The smallest absolute Gasteiger partial charge is 0.303 e. The maximum atomic E-state index is 12.6. The molecule has 2 aromatic rings. The molecule has 3 rings (SSSR count). The molecule has 8 heteroatoms. The Hall–Kier alpha value is -3.81. The van der Waals surface area contributed by atoms with Gasteiger partial charge in [0.05, 0.1) is 0 Å². The van der Waals surface area contributed by atoms with Crippen LogP contribution in [0.4, 0.5) is 0 Å². The molecular formula is C22H22N2O6. The van der Waals surface area contributed by atoms with Crippen LogP contribution < -0.4 is 20.1 Å². The summed E-state index contributed by atoms with van der Waals surface area (Å²) in [6.07, 6.45) is 1.75. The van der Waals surface area contributed by atoms with E-state index in [-0.39, 0.29) is 31.9 Å². The Morgan fingerprint density at radius 3 is 2.53 bits per heavy atom. The van der Waals surface area contributed by atoms with Gasteiger partial charge >= 0.3 is 5.97 Å². The fourth-order valence-electron chi connectivity index (χ4n) is 2.76. The van der Waals surface area contributed by atoms with Crippen LogP contribution in [0, 0.1) is 6.92 Å². The zero-order chi connectivity index (χ0) is 21.5. The van der Waals surface area contributed by atoms with Crippen LogP contribution in [0.2, 0.25) is 0 Å². The number of hydrogen-bond acceptors (Lipinski definition) is 5. The molecule has 2 aromatic carbocycles. The second-order valence-electron chi connectivity index (χ2n) is 6.74. The molecule has 8 nitrogen and oxygen atoms in total. The highest BCUT2D eigenvalue weighted by Gasteiger charge is 2.17. The number of rotatable bonds is 8. The predicted molar refractivity (Wildman–Crippen MR) is 109 cm³/mol. The first kappa shape index (κ1) is 20.9. The fourth-order valence-corrected chi connectivity index (χ4v) is 2.76. The summed E-state index contributed by atoms with van der Waals surface area (Å²) in [6, 6.07) is 12.1. The van der Waals surface area contributed by atoms with Crippen LogP contribution in [-0.4, -0.2) is 36.2 Å². The lowest BCUT2D eigenvalue weighted by molar-refractivity contribution is -0.137. The van der Waals surface area contributed by atoms with Crippen molar-refractivity contribution in [3.05, 3.63) is 64.9 Å². The highest BCUT2D eigenvalue weighted by molar-refractivity contribution is 6.05. The normalized spacial score (nSPS) is 12.4. The van der Waals surface area contributed by atoms with Crippen molar-refractivity contribution < 1.29 is 29.0 Å². The number of aryl methyl sites for hydroxylation is 1. The van der Waals surface area contributed by atoms with Crippen molar-refractivity contribution in [2.45, 2.75) is 19.8 Å². The Morgan fingerprint density at radius 2 is 1.80 bits per heavy atom. The average Bonchev–Trinajstić information content (AvgIpc) is 3.18. The standard InChI is InChI=1S/C22H22N2O6/c1-14-4-7-16(8-5-14)21(27)24-17(22(28)23-10-2-3-20(25)26)11-15-6-9-18-19(12-15)30-13-29-18/h4-9,11-12H,2-3,10,13H2,1H3,(H,23,28)(H,24,27)(H,25,26)/b17-11-. The first-order valence-electron chi connectivity index (χ1n) is 9.42. The van der Waals surface area contributed by atoms with Crippen molar-refractivity contribution in [3.8, 4) is 11.5 Å². The lowest BCUT2D eigenvalue weighted by Gasteiger charge is -2.11. The molecule has 0 fully saturated rings. The molecule has 3 N–H and O–H groups in total. The van der Waals surface area contributed by atoms with Gasteiger partial charge in [-0.2, -0.15) is 0 Å². The minimum absolute atomic E-state index is 0.0368. The maximum absolute atomic E-state index is 12.6. The summed E-state index contributed by atoms with van der Waals surface area (Å²) < 4.78 is 10.6. The molecule has 30 heavy (non-hydrogen) atoms. The van der Waals surface area contributed by atoms with Crippen molar-refractivity contribution in [2.75, 3.05) is 13.3 Å². The number of carbonyl (C=O) groups excluding carboxylic acids is 2. The van der Waals surface area contributed by atoms with Gasteiger partial charge in [0, 0.05) is 18.5 Å². The molecule has 0 saturated carbocycles. The summed E-state index contributed by atoms with van der Waals surface area (Å²) in [6.45, 7) is 2.21. The SMILES string of the molecule is Cc1ccc(C(=O)N/C(=C\c2ccc3c(c2)OCO3)C(=O)NCCCC(=O)O)cc1. The van der Waals surface area contributed by atoms with Crippen molar-refractivity contribution in [2.24, 2.45) is 0 Å². The van der Waals surface area contributed by atoms with E-state index in [1.807, 2.05) is 19.1 Å². The van der Waals surface area contributed by atoms with Gasteiger partial charge in [-0.1, -0.05) is 23.8 Å². The Morgan fingerprint density at radius 1 is 1.07 bits per heavy atom. The molecule has 0 atom stereocenters. The topological polar surface area (TPSA) is 114 Å². The minimum atomic E-state index is -0.937. The van der Waals surface area contributed by atoms with Gasteiger partial charge < -0.3 is 25.2 Å². The summed E-state index contributed by atoms with van der Waals surface area (Å²) in [5, 5.41) is 14.0. The van der Waals surface area contributed by atoms with E-state index in [1.54, 1.807) is 30.3 Å². The van der Waals surface area contributed by atoms with E-state index in [2.05, 4.69) is 10.6 Å². The van der Waals surface area contributed by atoms with Crippen molar-refractivity contribution >= 4 is 23.9 Å². The summed E-state index contributed by atoms with van der Waals surface area (Å²) >= 11 is 0. The van der Waals surface area contributed by atoms with Crippen LogP contribution in [0.15, 0.2) is 48.2 Å². The Labute approximate surface area is 173 Å². The molecule has 0 aliphatic carbocycles. The lowest BCUT2D eigenvalue weighted by atomic mass is 10.1. The summed E-state index contributed by atoms with van der Waals surface area (Å²) in [5.41, 5.74) is 2.10. The first-order chi connectivity index (χ1) is 14.4. The van der Waals surface area contributed by atoms with E-state index in [0.717, 1.165) is 5.56 Å². The van der Waals surface area contributed by atoms with Gasteiger partial charge in [-0.05, 0) is 49.2 Å². The quantitative estimate of drug-likeness (QED) is 0.455. The number of aliphatic carboxylic acids is 1. The number of nitrogens with one attached hydrogen (secondary N) is 2. The third kappa shape index (κ3) is 5.60. The molecule has 0 spiro atoms. The summed E-state index contributed by atoms with van der Waals surface area (Å²) in [4.78, 5) is 35.9. The van der Waals surface area contributed by atoms with Gasteiger partial charge in [-0.15, -0.1) is 0 Å². The van der Waals surface area contributed by atoms with E-state index >= 15 is 0 Å². The molecular weight excluding hydrogens is 388 g/mol. The third-order valence-corrected chi connectivity index (χ3v) is 4.37. The second kappa shape index (κ2) is 9.60. The van der Waals surface area contributed by atoms with Gasteiger partial charge in [0.2, 0.25) is 6.79 Å². The van der Waals surface area contributed by atoms with Crippen LogP contribution in [0.1, 0.15) is 34.3 Å². The van der Waals surface area contributed by atoms with Crippen molar-refractivity contribution in [1.29, 1.82) is 0 Å². The van der Waals surface area contributed by atoms with Gasteiger partial charge in [0.15, 0.2) is 11.5 Å². The van der Waals surface area contributed by atoms with Gasteiger partial charge in [-0.25, -0.2) is 0 Å². The number of benzene rings is 2. The third-order valence-electron chi connectivity index (χ3n) is 4.37. The number of fused-ring (bicyclic) bond motifs is 1. The lowest BCUT2D eigenvalue weighted by Crippen LogP contribution is -2.35. The number of hydrogen-bond donors (Lipinski definition) is 3. The Bertz CT molecular complexity index is 982. The Balaban J connectivity index is 1.78. The molecule has 0 radical (unpaired) electrons. The number of carboxylic acid groups (broad SMARTS) is 1. The monoisotopic (exact) mass is 410 g/mol. The van der Waals surface area contributed by atoms with Crippen LogP contribution in [0.25, 0.3) is 6.08 Å². The number of amides is 2. The fraction of sp³-hybridized carbons (Fsp3) is 0.227. The van der Waals surface area contributed by atoms with E-state index in [1.165, 1.54) is 6.08 Å². The van der Waals surface area contributed by atoms with Crippen molar-refractivity contribution in [3.63, 3.8) is 0 Å². The van der Waals surface area contributed by atoms with Gasteiger partial charge in [0.1, 0.15) is 5.70 Å². The maximum Gasteiger partial charge on any atom is 0.303 e. The van der Waals surface area contributed by atoms with Crippen LogP contribution in [0.5, 0.6) is 11.5 Å². The molecule has 0 saturated heterocycles. The summed E-state index contributed by atoms with van der Waals surface area (Å²) in [7, 11) is 0. The molecule has 1 heterocycles. The molecule has 1 aliphatic rings. The van der Waals surface area contributed by atoms with Crippen molar-refractivity contribution in [1.82, 2.24) is 10.6 Å². The minimum Gasteiger partial charge on any atom is -0.481 e. The molecule has 0 unspecified atom stereocenters. The largest absolute Gasteiger partial charge is 0.481 e. The first-order valence-corrected chi connectivity index (χ1v) is 9.42. The van der Waals surface area contributed by atoms with E-state index in [4.69, 9.17) is 14.6 Å². The number of carbonyl (C=O) groups is 3. The summed E-state index contributed by atoms with van der Waals surface area (Å²) in [5.74, 6) is -0.723. The van der Waals surface area contributed by atoms with Crippen LogP contribution in [-0.2, 0) is 9.59 Å². The zero-order valence-electron chi connectivity index (χ0n) is 16.4. The second-order valence-corrected chi connectivity index (χ2v) is 6.74. The van der Waals surface area contributed by atoms with Gasteiger partial charge in [-0.3, -0.25) is 14.4 Å². The molecule has 0 bridgehead atoms. The molecule has 1 aliphatic heterocycles. The molecule has 2 amide bonds. The average molecular weight is 410 g/mol. The van der Waals surface area contributed by atoms with E-state index in [9.17, 15) is 14.4 Å².